The van der Waals surface area contributed by atoms with E-state index in [1.165, 1.54) is 0 Å². The van der Waals surface area contributed by atoms with E-state index in [0.29, 0.717) is 23.2 Å². The maximum absolute atomic E-state index is 12.1. The molecule has 2 rings (SSSR count). The van der Waals surface area contributed by atoms with E-state index in [0.717, 1.165) is 19.4 Å². The third-order valence-corrected chi connectivity index (χ3v) is 4.97. The summed E-state index contributed by atoms with van der Waals surface area (Å²) in [5, 5.41) is 3.30. The van der Waals surface area contributed by atoms with Crippen molar-refractivity contribution >= 4 is 15.7 Å². The zero-order valence-corrected chi connectivity index (χ0v) is 12.7. The molecule has 1 aromatic rings. The predicted octanol–water partition coefficient (Wildman–Crippen LogP) is 1.96. The molecule has 2 N–H and O–H groups in total. The Hall–Kier alpha value is -1.11. The van der Waals surface area contributed by atoms with Crippen molar-refractivity contribution in [1.82, 2.24) is 4.72 Å². The molecule has 5 nitrogen and oxygen atoms in total. The molecule has 0 atom stereocenters. The van der Waals surface area contributed by atoms with Gasteiger partial charge in [0.1, 0.15) is 4.90 Å². The summed E-state index contributed by atoms with van der Waals surface area (Å²) in [6, 6.07) is 7.28. The molecule has 0 heterocycles. The van der Waals surface area contributed by atoms with Crippen molar-refractivity contribution in [2.24, 2.45) is 0 Å². The van der Waals surface area contributed by atoms with E-state index in [1.807, 2.05) is 13.0 Å². The molecule has 0 amide bonds. The summed E-state index contributed by atoms with van der Waals surface area (Å²) in [7, 11) is -3.44. The number of hydrogen-bond donors (Lipinski definition) is 2. The van der Waals surface area contributed by atoms with E-state index < -0.39 is 10.0 Å². The van der Waals surface area contributed by atoms with Crippen molar-refractivity contribution in [2.75, 3.05) is 18.5 Å². The minimum atomic E-state index is -3.44. The highest BCUT2D eigenvalue weighted by Crippen LogP contribution is 2.29. The van der Waals surface area contributed by atoms with E-state index in [4.69, 9.17) is 4.74 Å². The molecule has 1 aromatic carbocycles. The fourth-order valence-electron chi connectivity index (χ4n) is 2.36. The normalized spacial score (nSPS) is 22.3. The molecule has 0 aliphatic heterocycles. The van der Waals surface area contributed by atoms with Crippen molar-refractivity contribution in [3.8, 4) is 0 Å². The lowest BCUT2D eigenvalue weighted by Crippen LogP contribution is -2.41. The number of rotatable bonds is 7. The number of hydrogen-bond acceptors (Lipinski definition) is 4. The summed E-state index contributed by atoms with van der Waals surface area (Å²) in [6.45, 7) is 4.86. The van der Waals surface area contributed by atoms with Crippen molar-refractivity contribution < 1.29 is 13.2 Å². The Morgan fingerprint density at radius 2 is 1.95 bits per heavy atom. The van der Waals surface area contributed by atoms with Crippen LogP contribution in [0.15, 0.2) is 29.2 Å². The molecule has 0 aromatic heterocycles. The van der Waals surface area contributed by atoms with Gasteiger partial charge in [-0.15, -0.1) is 0 Å². The Morgan fingerprint density at radius 3 is 2.60 bits per heavy atom. The van der Waals surface area contributed by atoms with Gasteiger partial charge < -0.3 is 10.1 Å². The molecule has 1 aliphatic rings. The molecule has 0 bridgehead atoms. The average molecular weight is 298 g/mol. The number of ether oxygens (including phenoxy) is 1. The van der Waals surface area contributed by atoms with Crippen LogP contribution in [0, 0.1) is 0 Å². The van der Waals surface area contributed by atoms with Gasteiger partial charge >= 0.3 is 0 Å². The van der Waals surface area contributed by atoms with Gasteiger partial charge in [0.25, 0.3) is 0 Å². The Bertz CT molecular complexity index is 539. The second kappa shape index (κ2) is 6.56. The van der Waals surface area contributed by atoms with Crippen molar-refractivity contribution in [1.29, 1.82) is 0 Å². The van der Waals surface area contributed by atoms with Gasteiger partial charge in [-0.1, -0.05) is 19.1 Å². The molecular weight excluding hydrogens is 276 g/mol. The Kier molecular flexibility index (Phi) is 5.01. The lowest BCUT2D eigenvalue weighted by Gasteiger charge is -2.36. The fraction of sp³-hybridized carbons (Fsp3) is 0.571. The van der Waals surface area contributed by atoms with Crippen molar-refractivity contribution in [2.45, 2.75) is 43.7 Å². The fourth-order valence-corrected chi connectivity index (χ4v) is 3.57. The molecule has 1 saturated carbocycles. The third-order valence-electron chi connectivity index (χ3n) is 3.37. The van der Waals surface area contributed by atoms with Crippen LogP contribution in [-0.4, -0.2) is 33.7 Å². The monoisotopic (exact) mass is 298 g/mol. The molecule has 1 fully saturated rings. The molecule has 20 heavy (non-hydrogen) atoms. The molecule has 112 valence electrons. The third kappa shape index (κ3) is 3.50. The molecular formula is C14H22N2O3S. The van der Waals surface area contributed by atoms with E-state index in [9.17, 15) is 8.42 Å². The number of benzene rings is 1. The van der Waals surface area contributed by atoms with Gasteiger partial charge in [-0.25, -0.2) is 13.1 Å². The molecule has 0 spiro atoms. The smallest absolute Gasteiger partial charge is 0.242 e. The highest BCUT2D eigenvalue weighted by molar-refractivity contribution is 7.89. The first-order chi connectivity index (χ1) is 9.56. The van der Waals surface area contributed by atoms with Crippen LogP contribution in [0.1, 0.15) is 26.7 Å². The quantitative estimate of drug-likeness (QED) is 0.807. The van der Waals surface area contributed by atoms with Gasteiger partial charge in [0.2, 0.25) is 10.0 Å². The highest BCUT2D eigenvalue weighted by Gasteiger charge is 2.30. The van der Waals surface area contributed by atoms with Crippen LogP contribution in [0.2, 0.25) is 0 Å². The Balaban J connectivity index is 2.06. The summed E-state index contributed by atoms with van der Waals surface area (Å²) >= 11 is 0. The summed E-state index contributed by atoms with van der Waals surface area (Å²) in [5.74, 6) is 0. The first kappa shape index (κ1) is 15.3. The van der Waals surface area contributed by atoms with Gasteiger partial charge in [0.15, 0.2) is 0 Å². The van der Waals surface area contributed by atoms with Gasteiger partial charge in [0.05, 0.1) is 11.8 Å². The average Bonchev–Trinajstić information content (AvgIpc) is 2.37. The minimum Gasteiger partial charge on any atom is -0.381 e. The van der Waals surface area contributed by atoms with Gasteiger partial charge in [-0.2, -0.15) is 0 Å². The summed E-state index contributed by atoms with van der Waals surface area (Å²) in [4.78, 5) is 0.307. The predicted molar refractivity (Wildman–Crippen MR) is 79.4 cm³/mol. The van der Waals surface area contributed by atoms with E-state index in [2.05, 4.69) is 10.0 Å². The van der Waals surface area contributed by atoms with E-state index in [1.54, 1.807) is 25.1 Å². The maximum atomic E-state index is 12.1. The second-order valence-electron chi connectivity index (χ2n) is 4.89. The zero-order chi connectivity index (χ0) is 14.6. The summed E-state index contributed by atoms with van der Waals surface area (Å²) in [6.07, 6.45) is 2.14. The van der Waals surface area contributed by atoms with Gasteiger partial charge in [-0.05, 0) is 31.9 Å². The summed E-state index contributed by atoms with van der Waals surface area (Å²) in [5.41, 5.74) is 0.661. The van der Waals surface area contributed by atoms with Gasteiger partial charge in [0, 0.05) is 19.2 Å². The minimum absolute atomic E-state index is 0.282. The number of nitrogens with one attached hydrogen (secondary N) is 2. The van der Waals surface area contributed by atoms with Crippen LogP contribution in [0.5, 0.6) is 0 Å². The Labute approximate surface area is 120 Å². The zero-order valence-electron chi connectivity index (χ0n) is 11.9. The topological polar surface area (TPSA) is 67.4 Å². The molecule has 0 unspecified atom stereocenters. The first-order valence-corrected chi connectivity index (χ1v) is 8.52. The van der Waals surface area contributed by atoms with Crippen LogP contribution in [-0.2, 0) is 14.8 Å². The maximum Gasteiger partial charge on any atom is 0.242 e. The van der Waals surface area contributed by atoms with Crippen LogP contribution in [0.25, 0.3) is 0 Å². The molecule has 0 radical (unpaired) electrons. The van der Waals surface area contributed by atoms with Crippen LogP contribution >= 0.6 is 0 Å². The van der Waals surface area contributed by atoms with Crippen LogP contribution in [0.4, 0.5) is 5.69 Å². The van der Waals surface area contributed by atoms with Gasteiger partial charge in [-0.3, -0.25) is 0 Å². The SMILES string of the molecule is CCNS(=O)(=O)c1ccccc1NC1CC(OCC)C1. The van der Waals surface area contributed by atoms with Crippen molar-refractivity contribution in [3.63, 3.8) is 0 Å². The van der Waals surface area contributed by atoms with E-state index >= 15 is 0 Å². The standard InChI is InChI=1S/C14H22N2O3S/c1-3-15-20(17,18)14-8-6-5-7-13(14)16-11-9-12(10-11)19-4-2/h5-8,11-12,15-16H,3-4,9-10H2,1-2H3. The Morgan fingerprint density at radius 1 is 1.25 bits per heavy atom. The van der Waals surface area contributed by atoms with Crippen molar-refractivity contribution in [3.05, 3.63) is 24.3 Å². The summed E-state index contributed by atoms with van der Waals surface area (Å²) < 4.78 is 32.3. The number of para-hydroxylation sites is 1. The molecule has 1 aliphatic carbocycles. The lowest BCUT2D eigenvalue weighted by atomic mass is 9.89. The first-order valence-electron chi connectivity index (χ1n) is 7.03. The number of sulfonamides is 1. The number of anilines is 1. The van der Waals surface area contributed by atoms with E-state index in [-0.39, 0.29) is 6.04 Å². The highest BCUT2D eigenvalue weighted by atomic mass is 32.2. The molecule has 6 heteroatoms. The van der Waals surface area contributed by atoms with Crippen LogP contribution < -0.4 is 10.0 Å². The molecule has 0 saturated heterocycles. The lowest BCUT2D eigenvalue weighted by molar-refractivity contribution is 0.00295. The second-order valence-corrected chi connectivity index (χ2v) is 6.62. The largest absolute Gasteiger partial charge is 0.381 e. The van der Waals surface area contributed by atoms with Crippen LogP contribution in [0.3, 0.4) is 0 Å².